The molecule has 2 aromatic rings. The van der Waals surface area contributed by atoms with Crippen LogP contribution in [0.4, 0.5) is 5.69 Å². The predicted octanol–water partition coefficient (Wildman–Crippen LogP) is 1.57. The standard InChI is InChI=1S/C9H11N3O2S3/c1-6-8(16-5-11-6)3-12-17(13,14)9-2-7(10)4-15-9/h2,4-5,12H,3,10H2,1H3. The number of nitrogens with two attached hydrogens (primary N) is 1. The fraction of sp³-hybridized carbons (Fsp3) is 0.222. The first kappa shape index (κ1) is 12.5. The Morgan fingerprint density at radius 2 is 2.24 bits per heavy atom. The van der Waals surface area contributed by atoms with E-state index in [1.54, 1.807) is 10.9 Å². The number of hydrogen-bond acceptors (Lipinski definition) is 6. The molecule has 2 heterocycles. The van der Waals surface area contributed by atoms with E-state index in [1.165, 1.54) is 17.4 Å². The van der Waals surface area contributed by atoms with E-state index in [0.717, 1.165) is 21.9 Å². The smallest absolute Gasteiger partial charge is 0.250 e. The van der Waals surface area contributed by atoms with Crippen molar-refractivity contribution in [2.24, 2.45) is 0 Å². The first-order valence-corrected chi connectivity index (χ1v) is 7.96. The van der Waals surface area contributed by atoms with Crippen LogP contribution in [-0.4, -0.2) is 13.4 Å². The van der Waals surface area contributed by atoms with Gasteiger partial charge in [-0.1, -0.05) is 0 Å². The molecule has 2 rings (SSSR count). The number of nitrogens with one attached hydrogen (secondary N) is 1. The van der Waals surface area contributed by atoms with Crippen molar-refractivity contribution >= 4 is 38.4 Å². The molecule has 0 atom stereocenters. The Bertz CT molecular complexity index is 615. The highest BCUT2D eigenvalue weighted by atomic mass is 32.2. The van der Waals surface area contributed by atoms with Gasteiger partial charge in [-0.3, -0.25) is 0 Å². The number of aromatic nitrogens is 1. The fourth-order valence-electron chi connectivity index (χ4n) is 1.20. The Labute approximate surface area is 107 Å². The third-order valence-corrected chi connectivity index (χ3v) is 5.92. The van der Waals surface area contributed by atoms with Gasteiger partial charge in [0.2, 0.25) is 10.0 Å². The first-order chi connectivity index (χ1) is 7.99. The van der Waals surface area contributed by atoms with Crippen molar-refractivity contribution in [1.82, 2.24) is 9.71 Å². The van der Waals surface area contributed by atoms with Gasteiger partial charge in [0.25, 0.3) is 0 Å². The summed E-state index contributed by atoms with van der Waals surface area (Å²) in [7, 11) is -3.46. The fourth-order valence-corrected chi connectivity index (χ4v) is 4.13. The van der Waals surface area contributed by atoms with Gasteiger partial charge in [0.15, 0.2) is 0 Å². The summed E-state index contributed by atoms with van der Waals surface area (Å²) in [5, 5.41) is 1.60. The van der Waals surface area contributed by atoms with Gasteiger partial charge in [0.1, 0.15) is 4.21 Å². The lowest BCUT2D eigenvalue weighted by atomic mass is 10.4. The monoisotopic (exact) mass is 289 g/mol. The molecule has 0 aliphatic heterocycles. The van der Waals surface area contributed by atoms with E-state index >= 15 is 0 Å². The van der Waals surface area contributed by atoms with Crippen LogP contribution in [0.2, 0.25) is 0 Å². The minimum atomic E-state index is -3.46. The van der Waals surface area contributed by atoms with E-state index in [2.05, 4.69) is 9.71 Å². The SMILES string of the molecule is Cc1ncsc1CNS(=O)(=O)c1cc(N)cs1. The van der Waals surface area contributed by atoms with Crippen LogP contribution in [0.5, 0.6) is 0 Å². The van der Waals surface area contributed by atoms with Crippen molar-refractivity contribution in [2.45, 2.75) is 17.7 Å². The zero-order chi connectivity index (χ0) is 12.5. The minimum absolute atomic E-state index is 0.233. The summed E-state index contributed by atoms with van der Waals surface area (Å²) in [6.07, 6.45) is 0. The van der Waals surface area contributed by atoms with Gasteiger partial charge in [-0.05, 0) is 13.0 Å². The van der Waals surface area contributed by atoms with E-state index in [1.807, 2.05) is 6.92 Å². The van der Waals surface area contributed by atoms with Crippen molar-refractivity contribution in [3.63, 3.8) is 0 Å². The van der Waals surface area contributed by atoms with Gasteiger partial charge in [0.05, 0.1) is 11.2 Å². The molecule has 0 aliphatic rings. The quantitative estimate of drug-likeness (QED) is 0.894. The second-order valence-corrected chi connectivity index (χ2v) is 7.23. The molecular formula is C9H11N3O2S3. The normalized spacial score (nSPS) is 11.8. The lowest BCUT2D eigenvalue weighted by molar-refractivity contribution is 0.584. The van der Waals surface area contributed by atoms with E-state index < -0.39 is 10.0 Å². The third-order valence-electron chi connectivity index (χ3n) is 2.13. The average molecular weight is 289 g/mol. The summed E-state index contributed by atoms with van der Waals surface area (Å²) < 4.78 is 26.5. The molecule has 2 aromatic heterocycles. The van der Waals surface area contributed by atoms with Gasteiger partial charge >= 0.3 is 0 Å². The van der Waals surface area contributed by atoms with Crippen LogP contribution in [-0.2, 0) is 16.6 Å². The summed E-state index contributed by atoms with van der Waals surface area (Å²) in [4.78, 5) is 4.98. The zero-order valence-corrected chi connectivity index (χ0v) is 11.5. The third kappa shape index (κ3) is 2.83. The molecule has 8 heteroatoms. The number of sulfonamides is 1. The van der Waals surface area contributed by atoms with Crippen LogP contribution < -0.4 is 10.5 Å². The van der Waals surface area contributed by atoms with Crippen LogP contribution in [0.25, 0.3) is 0 Å². The molecule has 92 valence electrons. The van der Waals surface area contributed by atoms with Gasteiger partial charge in [-0.25, -0.2) is 18.1 Å². The molecule has 0 saturated carbocycles. The van der Waals surface area contributed by atoms with E-state index in [4.69, 9.17) is 5.73 Å². The number of thiazole rings is 1. The summed E-state index contributed by atoms with van der Waals surface area (Å²) >= 11 is 2.54. The maximum Gasteiger partial charge on any atom is 0.250 e. The Hall–Kier alpha value is -0.960. The van der Waals surface area contributed by atoms with Gasteiger partial charge in [-0.15, -0.1) is 22.7 Å². The minimum Gasteiger partial charge on any atom is -0.398 e. The molecule has 0 aromatic carbocycles. The van der Waals surface area contributed by atoms with Crippen molar-refractivity contribution in [3.8, 4) is 0 Å². The predicted molar refractivity (Wildman–Crippen MR) is 69.6 cm³/mol. The highest BCUT2D eigenvalue weighted by molar-refractivity contribution is 7.91. The van der Waals surface area contributed by atoms with Crippen molar-refractivity contribution < 1.29 is 8.42 Å². The van der Waals surface area contributed by atoms with Gasteiger partial charge < -0.3 is 5.73 Å². The number of anilines is 1. The molecule has 3 N–H and O–H groups in total. The summed E-state index contributed by atoms with van der Waals surface area (Å²) in [5.41, 5.74) is 8.51. The highest BCUT2D eigenvalue weighted by Gasteiger charge is 2.16. The molecule has 0 spiro atoms. The molecule has 0 saturated heterocycles. The van der Waals surface area contributed by atoms with Crippen molar-refractivity contribution in [2.75, 3.05) is 5.73 Å². The molecule has 0 unspecified atom stereocenters. The number of thiophene rings is 1. The highest BCUT2D eigenvalue weighted by Crippen LogP contribution is 2.22. The van der Waals surface area contributed by atoms with Crippen LogP contribution >= 0.6 is 22.7 Å². The largest absolute Gasteiger partial charge is 0.398 e. The Morgan fingerprint density at radius 3 is 2.76 bits per heavy atom. The molecular weight excluding hydrogens is 278 g/mol. The summed E-state index contributed by atoms with van der Waals surface area (Å²) in [5.74, 6) is 0. The van der Waals surface area contributed by atoms with Crippen LogP contribution in [0.15, 0.2) is 21.2 Å². The molecule has 0 radical (unpaired) electrons. The van der Waals surface area contributed by atoms with E-state index in [-0.39, 0.29) is 10.8 Å². The topological polar surface area (TPSA) is 85.1 Å². The second-order valence-electron chi connectivity index (χ2n) is 3.38. The Morgan fingerprint density at radius 1 is 1.47 bits per heavy atom. The number of aryl methyl sites for hydroxylation is 1. The zero-order valence-electron chi connectivity index (χ0n) is 9.00. The summed E-state index contributed by atoms with van der Waals surface area (Å²) in [6, 6.07) is 1.45. The molecule has 0 aliphatic carbocycles. The molecule has 0 amide bonds. The Kier molecular flexibility index (Phi) is 3.48. The lowest BCUT2D eigenvalue weighted by Crippen LogP contribution is -2.22. The molecule has 0 bridgehead atoms. The lowest BCUT2D eigenvalue weighted by Gasteiger charge is -2.03. The molecule has 0 fully saturated rings. The van der Waals surface area contributed by atoms with Crippen LogP contribution in [0, 0.1) is 6.92 Å². The van der Waals surface area contributed by atoms with Crippen LogP contribution in [0.1, 0.15) is 10.6 Å². The first-order valence-electron chi connectivity index (χ1n) is 4.71. The number of nitrogen functional groups attached to an aromatic ring is 1. The second kappa shape index (κ2) is 4.73. The van der Waals surface area contributed by atoms with E-state index in [0.29, 0.717) is 5.69 Å². The van der Waals surface area contributed by atoms with Crippen molar-refractivity contribution in [3.05, 3.63) is 27.5 Å². The van der Waals surface area contributed by atoms with Gasteiger partial charge in [-0.2, -0.15) is 0 Å². The number of nitrogens with zero attached hydrogens (tertiary/aromatic N) is 1. The maximum absolute atomic E-state index is 11.9. The van der Waals surface area contributed by atoms with Crippen molar-refractivity contribution in [1.29, 1.82) is 0 Å². The number of hydrogen-bond donors (Lipinski definition) is 2. The maximum atomic E-state index is 11.9. The van der Waals surface area contributed by atoms with Gasteiger partial charge in [0, 0.05) is 22.5 Å². The van der Waals surface area contributed by atoms with Crippen LogP contribution in [0.3, 0.4) is 0 Å². The molecule has 17 heavy (non-hydrogen) atoms. The average Bonchev–Trinajstić information content (AvgIpc) is 2.85. The Balaban J connectivity index is 2.11. The summed E-state index contributed by atoms with van der Waals surface area (Å²) in [6.45, 7) is 2.11. The van der Waals surface area contributed by atoms with E-state index in [9.17, 15) is 8.42 Å². The molecule has 5 nitrogen and oxygen atoms in total. The number of rotatable bonds is 4.